The molecular formula is C14H17FN2O3. The Morgan fingerprint density at radius 1 is 1.30 bits per heavy atom. The van der Waals surface area contributed by atoms with Crippen LogP contribution in [0.25, 0.3) is 0 Å². The highest BCUT2D eigenvalue weighted by Crippen LogP contribution is 2.28. The number of aromatic carboxylic acids is 1. The van der Waals surface area contributed by atoms with Gasteiger partial charge >= 0.3 is 5.97 Å². The molecule has 1 saturated carbocycles. The van der Waals surface area contributed by atoms with Gasteiger partial charge in [0, 0.05) is 31.1 Å². The lowest BCUT2D eigenvalue weighted by Gasteiger charge is -2.08. The summed E-state index contributed by atoms with van der Waals surface area (Å²) in [6.45, 7) is 1.22. The van der Waals surface area contributed by atoms with Gasteiger partial charge in [0.15, 0.2) is 0 Å². The summed E-state index contributed by atoms with van der Waals surface area (Å²) in [4.78, 5) is 22.1. The monoisotopic (exact) mass is 280 g/mol. The molecule has 1 fully saturated rings. The van der Waals surface area contributed by atoms with E-state index >= 15 is 0 Å². The summed E-state index contributed by atoms with van der Waals surface area (Å²) in [5.74, 6) is -1.27. The lowest BCUT2D eigenvalue weighted by molar-refractivity contribution is -0.122. The average molecular weight is 280 g/mol. The van der Waals surface area contributed by atoms with E-state index in [-0.39, 0.29) is 23.9 Å². The third-order valence-electron chi connectivity index (χ3n) is 3.16. The molecule has 0 heterocycles. The molecule has 0 aliphatic heterocycles. The van der Waals surface area contributed by atoms with Crippen LogP contribution in [-0.4, -0.2) is 30.1 Å². The molecule has 1 amide bonds. The lowest BCUT2D eigenvalue weighted by atomic mass is 10.1. The van der Waals surface area contributed by atoms with Crippen LogP contribution < -0.4 is 10.6 Å². The third-order valence-corrected chi connectivity index (χ3v) is 3.16. The number of benzene rings is 1. The van der Waals surface area contributed by atoms with Crippen LogP contribution in [0.15, 0.2) is 18.2 Å². The highest BCUT2D eigenvalue weighted by atomic mass is 19.1. The van der Waals surface area contributed by atoms with Crippen molar-refractivity contribution in [1.29, 1.82) is 0 Å². The molecule has 0 atom stereocenters. The number of nitrogens with one attached hydrogen (secondary N) is 2. The first kappa shape index (κ1) is 14.5. The molecule has 0 aromatic heterocycles. The van der Waals surface area contributed by atoms with Crippen molar-refractivity contribution in [2.75, 3.05) is 13.1 Å². The maximum atomic E-state index is 13.5. The van der Waals surface area contributed by atoms with Crippen LogP contribution in [0.5, 0.6) is 0 Å². The number of amides is 1. The van der Waals surface area contributed by atoms with Gasteiger partial charge in [-0.15, -0.1) is 0 Å². The van der Waals surface area contributed by atoms with Gasteiger partial charge in [0.1, 0.15) is 5.82 Å². The Hall–Kier alpha value is -1.95. The minimum atomic E-state index is -1.08. The smallest absolute Gasteiger partial charge is 0.335 e. The Kier molecular flexibility index (Phi) is 4.68. The second-order valence-corrected chi connectivity index (χ2v) is 4.85. The van der Waals surface area contributed by atoms with E-state index < -0.39 is 11.8 Å². The normalized spacial score (nSPS) is 14.1. The van der Waals surface area contributed by atoms with Crippen LogP contribution in [0.2, 0.25) is 0 Å². The second-order valence-electron chi connectivity index (χ2n) is 4.85. The predicted octanol–water partition coefficient (Wildman–Crippen LogP) is 1.14. The van der Waals surface area contributed by atoms with Crippen LogP contribution in [0.4, 0.5) is 4.39 Å². The number of halogens is 1. The molecule has 0 bridgehead atoms. The number of carbonyl (C=O) groups excluding carboxylic acids is 1. The van der Waals surface area contributed by atoms with Gasteiger partial charge in [-0.05, 0) is 31.0 Å². The number of carbonyl (C=O) groups is 2. The maximum Gasteiger partial charge on any atom is 0.335 e. The van der Waals surface area contributed by atoms with Crippen molar-refractivity contribution in [3.05, 3.63) is 35.1 Å². The Bertz CT molecular complexity index is 515. The largest absolute Gasteiger partial charge is 0.478 e. The summed E-state index contributed by atoms with van der Waals surface area (Å²) in [6, 6.07) is 3.69. The Balaban J connectivity index is 1.74. The van der Waals surface area contributed by atoms with Gasteiger partial charge in [-0.2, -0.15) is 0 Å². The SMILES string of the molecule is O=C(O)c1ccc(F)c(CNCCNC(=O)C2CC2)c1. The number of hydrogen-bond donors (Lipinski definition) is 3. The number of hydrogen-bond acceptors (Lipinski definition) is 3. The zero-order valence-electron chi connectivity index (χ0n) is 11.0. The third kappa shape index (κ3) is 4.03. The van der Waals surface area contributed by atoms with Gasteiger partial charge < -0.3 is 15.7 Å². The molecule has 108 valence electrons. The van der Waals surface area contributed by atoms with Crippen molar-refractivity contribution in [3.8, 4) is 0 Å². The van der Waals surface area contributed by atoms with Crippen LogP contribution in [0.3, 0.4) is 0 Å². The standard InChI is InChI=1S/C14H17FN2O3/c15-12-4-3-10(14(19)20)7-11(12)8-16-5-6-17-13(18)9-1-2-9/h3-4,7,9,16H,1-2,5-6,8H2,(H,17,18)(H,19,20). The molecular weight excluding hydrogens is 263 g/mol. The second kappa shape index (κ2) is 6.47. The summed E-state index contributed by atoms with van der Waals surface area (Å²) in [6.07, 6.45) is 1.93. The minimum Gasteiger partial charge on any atom is -0.478 e. The van der Waals surface area contributed by atoms with Gasteiger partial charge in [0.2, 0.25) is 5.91 Å². The molecule has 1 aliphatic rings. The summed E-state index contributed by atoms with van der Waals surface area (Å²) in [5.41, 5.74) is 0.364. The van der Waals surface area contributed by atoms with E-state index in [1.165, 1.54) is 12.1 Å². The van der Waals surface area contributed by atoms with Crippen LogP contribution in [-0.2, 0) is 11.3 Å². The van der Waals surface area contributed by atoms with E-state index in [2.05, 4.69) is 10.6 Å². The molecule has 1 aromatic rings. The van der Waals surface area contributed by atoms with E-state index in [0.717, 1.165) is 18.9 Å². The Morgan fingerprint density at radius 2 is 2.05 bits per heavy atom. The number of carboxylic acids is 1. The topological polar surface area (TPSA) is 78.4 Å². The summed E-state index contributed by atoms with van der Waals surface area (Å²) in [7, 11) is 0. The number of rotatable bonds is 7. The molecule has 0 radical (unpaired) electrons. The van der Waals surface area contributed by atoms with E-state index in [1.807, 2.05) is 0 Å². The van der Waals surface area contributed by atoms with Crippen molar-refractivity contribution in [2.45, 2.75) is 19.4 Å². The fraction of sp³-hybridized carbons (Fsp3) is 0.429. The van der Waals surface area contributed by atoms with Gasteiger partial charge in [-0.25, -0.2) is 9.18 Å². The summed E-state index contributed by atoms with van der Waals surface area (Å²) >= 11 is 0. The maximum absolute atomic E-state index is 13.5. The van der Waals surface area contributed by atoms with Crippen molar-refractivity contribution in [2.24, 2.45) is 5.92 Å². The number of carboxylic acid groups (broad SMARTS) is 1. The van der Waals surface area contributed by atoms with E-state index in [9.17, 15) is 14.0 Å². The fourth-order valence-corrected chi connectivity index (χ4v) is 1.83. The molecule has 20 heavy (non-hydrogen) atoms. The van der Waals surface area contributed by atoms with Gasteiger partial charge in [-0.1, -0.05) is 0 Å². The van der Waals surface area contributed by atoms with Crippen molar-refractivity contribution in [3.63, 3.8) is 0 Å². The average Bonchev–Trinajstić information content (AvgIpc) is 3.24. The molecule has 0 saturated heterocycles. The molecule has 1 aromatic carbocycles. The van der Waals surface area contributed by atoms with Crippen LogP contribution in [0, 0.1) is 11.7 Å². The Labute approximate surface area is 116 Å². The molecule has 2 rings (SSSR count). The van der Waals surface area contributed by atoms with Crippen molar-refractivity contribution >= 4 is 11.9 Å². The molecule has 0 unspecified atom stereocenters. The zero-order chi connectivity index (χ0) is 14.5. The minimum absolute atomic E-state index is 0.0604. The first-order valence-corrected chi connectivity index (χ1v) is 6.58. The predicted molar refractivity (Wildman–Crippen MR) is 70.8 cm³/mol. The fourth-order valence-electron chi connectivity index (χ4n) is 1.83. The van der Waals surface area contributed by atoms with E-state index in [4.69, 9.17) is 5.11 Å². The van der Waals surface area contributed by atoms with Crippen molar-refractivity contribution < 1.29 is 19.1 Å². The highest BCUT2D eigenvalue weighted by Gasteiger charge is 2.28. The molecule has 1 aliphatic carbocycles. The quantitative estimate of drug-likeness (QED) is 0.654. The highest BCUT2D eigenvalue weighted by molar-refractivity contribution is 5.87. The van der Waals surface area contributed by atoms with Crippen LogP contribution in [0.1, 0.15) is 28.8 Å². The first-order valence-electron chi connectivity index (χ1n) is 6.58. The van der Waals surface area contributed by atoms with Gasteiger partial charge in [0.05, 0.1) is 5.56 Å². The zero-order valence-corrected chi connectivity index (χ0v) is 11.0. The molecule has 3 N–H and O–H groups in total. The van der Waals surface area contributed by atoms with Crippen molar-refractivity contribution in [1.82, 2.24) is 10.6 Å². The molecule has 6 heteroatoms. The van der Waals surface area contributed by atoms with E-state index in [0.29, 0.717) is 18.7 Å². The van der Waals surface area contributed by atoms with Crippen LogP contribution >= 0.6 is 0 Å². The summed E-state index contributed by atoms with van der Waals surface area (Å²) < 4.78 is 13.5. The summed E-state index contributed by atoms with van der Waals surface area (Å²) in [5, 5.41) is 14.6. The van der Waals surface area contributed by atoms with Gasteiger partial charge in [0.25, 0.3) is 0 Å². The Morgan fingerprint density at radius 3 is 2.70 bits per heavy atom. The van der Waals surface area contributed by atoms with Gasteiger partial charge in [-0.3, -0.25) is 4.79 Å². The molecule has 0 spiro atoms. The van der Waals surface area contributed by atoms with E-state index in [1.54, 1.807) is 0 Å². The lowest BCUT2D eigenvalue weighted by Crippen LogP contribution is -2.32. The first-order chi connectivity index (χ1) is 9.58. The molecule has 5 nitrogen and oxygen atoms in total.